The molecule has 136 valence electrons. The lowest BCUT2D eigenvalue weighted by Gasteiger charge is -2.44. The average Bonchev–Trinajstić information content (AvgIpc) is 2.55. The molecular weight excluding hydrogens is 320 g/mol. The molecule has 0 amide bonds. The van der Waals surface area contributed by atoms with E-state index in [1.54, 1.807) is 0 Å². The van der Waals surface area contributed by atoms with Crippen LogP contribution in [0.2, 0.25) is 0 Å². The fourth-order valence-electron chi connectivity index (χ4n) is 2.49. The van der Waals surface area contributed by atoms with Crippen molar-refractivity contribution in [3.8, 4) is 0 Å². The van der Waals surface area contributed by atoms with Crippen LogP contribution < -0.4 is 0 Å². The Bertz CT molecular complexity index is 344. The predicted molar refractivity (Wildman–Crippen MR) is 68.6 cm³/mol. The molecule has 2 rings (SSSR count). The van der Waals surface area contributed by atoms with E-state index in [0.29, 0.717) is 0 Å². The predicted octanol–water partition coefficient (Wildman–Crippen LogP) is -5.40. The van der Waals surface area contributed by atoms with Gasteiger partial charge in [0.1, 0.15) is 48.8 Å². The monoisotopic (exact) mass is 342 g/mol. The maximum Gasteiger partial charge on any atom is 0.189 e. The first-order valence-corrected chi connectivity index (χ1v) is 7.08. The van der Waals surface area contributed by atoms with Crippen molar-refractivity contribution in [1.82, 2.24) is 0 Å². The zero-order valence-electron chi connectivity index (χ0n) is 12.0. The van der Waals surface area contributed by atoms with Crippen molar-refractivity contribution < 1.29 is 55.1 Å². The number of ether oxygens (including phenoxy) is 3. The maximum absolute atomic E-state index is 9.84. The van der Waals surface area contributed by atoms with Crippen LogP contribution in [0.3, 0.4) is 0 Å². The first-order chi connectivity index (χ1) is 10.8. The van der Waals surface area contributed by atoms with Crippen molar-refractivity contribution in [2.24, 2.45) is 0 Å². The SMILES string of the molecule is OC[C@@H]1O[C@@H](O[C@H]2O[C@@H](CO)[C@@H](O)[C@@H](O)[C@@H]2O)[C@@H](O)[C@H](O)[C@@H]1O. The minimum atomic E-state index is -1.72. The summed E-state index contributed by atoms with van der Waals surface area (Å²) in [5.74, 6) is 0. The normalized spacial score (nSPS) is 51.7. The summed E-state index contributed by atoms with van der Waals surface area (Å²) in [5, 5.41) is 76.4. The number of rotatable bonds is 4. The molecule has 2 saturated heterocycles. The Hall–Kier alpha value is -0.440. The summed E-state index contributed by atoms with van der Waals surface area (Å²) in [6.45, 7) is -1.33. The topological polar surface area (TPSA) is 190 Å². The van der Waals surface area contributed by atoms with Crippen LogP contribution in [0, 0.1) is 0 Å². The number of hydrogen-bond acceptors (Lipinski definition) is 11. The van der Waals surface area contributed by atoms with E-state index < -0.39 is 74.6 Å². The summed E-state index contributed by atoms with van der Waals surface area (Å²) in [6.07, 6.45) is -15.6. The van der Waals surface area contributed by atoms with Crippen LogP contribution >= 0.6 is 0 Å². The van der Waals surface area contributed by atoms with Crippen molar-refractivity contribution >= 4 is 0 Å². The van der Waals surface area contributed by atoms with Gasteiger partial charge < -0.3 is 55.1 Å². The molecule has 2 fully saturated rings. The molecule has 0 unspecified atom stereocenters. The summed E-state index contributed by atoms with van der Waals surface area (Å²) in [4.78, 5) is 0. The smallest absolute Gasteiger partial charge is 0.189 e. The minimum absolute atomic E-state index is 0.667. The van der Waals surface area contributed by atoms with Crippen molar-refractivity contribution in [3.63, 3.8) is 0 Å². The van der Waals surface area contributed by atoms with Crippen LogP contribution in [0.15, 0.2) is 0 Å². The van der Waals surface area contributed by atoms with E-state index >= 15 is 0 Å². The maximum atomic E-state index is 9.84. The van der Waals surface area contributed by atoms with Crippen LogP contribution in [-0.4, -0.2) is 115 Å². The van der Waals surface area contributed by atoms with Gasteiger partial charge in [0.05, 0.1) is 13.2 Å². The van der Waals surface area contributed by atoms with E-state index in [9.17, 15) is 30.6 Å². The molecule has 11 heteroatoms. The third-order valence-electron chi connectivity index (χ3n) is 3.97. The Morgan fingerprint density at radius 3 is 1.22 bits per heavy atom. The van der Waals surface area contributed by atoms with Gasteiger partial charge in [-0.25, -0.2) is 0 Å². The highest BCUT2D eigenvalue weighted by molar-refractivity contribution is 4.92. The van der Waals surface area contributed by atoms with Crippen molar-refractivity contribution in [3.05, 3.63) is 0 Å². The molecule has 2 aliphatic heterocycles. The Kier molecular flexibility index (Phi) is 6.27. The molecular formula is C12H22O11. The quantitative estimate of drug-likeness (QED) is 0.243. The van der Waals surface area contributed by atoms with E-state index in [1.807, 2.05) is 0 Å². The van der Waals surface area contributed by atoms with E-state index in [4.69, 9.17) is 24.4 Å². The Morgan fingerprint density at radius 2 is 0.913 bits per heavy atom. The second-order valence-corrected chi connectivity index (χ2v) is 5.53. The van der Waals surface area contributed by atoms with Gasteiger partial charge in [0.15, 0.2) is 12.6 Å². The van der Waals surface area contributed by atoms with E-state index in [2.05, 4.69) is 0 Å². The summed E-state index contributed by atoms with van der Waals surface area (Å²) in [7, 11) is 0. The lowest BCUT2D eigenvalue weighted by molar-refractivity contribution is -0.376. The highest BCUT2D eigenvalue weighted by Gasteiger charge is 2.49. The highest BCUT2D eigenvalue weighted by Crippen LogP contribution is 2.27. The molecule has 0 aromatic heterocycles. The zero-order valence-corrected chi connectivity index (χ0v) is 12.0. The van der Waals surface area contributed by atoms with Crippen LogP contribution in [0.1, 0.15) is 0 Å². The van der Waals surface area contributed by atoms with E-state index in [1.165, 1.54) is 0 Å². The first-order valence-electron chi connectivity index (χ1n) is 7.08. The molecule has 0 spiro atoms. The average molecular weight is 342 g/mol. The lowest BCUT2D eigenvalue weighted by atomic mass is 9.98. The molecule has 0 aromatic carbocycles. The third-order valence-corrected chi connectivity index (χ3v) is 3.97. The van der Waals surface area contributed by atoms with Gasteiger partial charge in [-0.1, -0.05) is 0 Å². The summed E-state index contributed by atoms with van der Waals surface area (Å²) in [6, 6.07) is 0. The van der Waals surface area contributed by atoms with Crippen LogP contribution in [0.4, 0.5) is 0 Å². The second-order valence-electron chi connectivity index (χ2n) is 5.53. The largest absolute Gasteiger partial charge is 0.394 e. The molecule has 0 bridgehead atoms. The third kappa shape index (κ3) is 3.65. The van der Waals surface area contributed by atoms with Gasteiger partial charge in [0.25, 0.3) is 0 Å². The molecule has 0 saturated carbocycles. The second kappa shape index (κ2) is 7.63. The molecule has 11 nitrogen and oxygen atoms in total. The van der Waals surface area contributed by atoms with Gasteiger partial charge >= 0.3 is 0 Å². The fourth-order valence-corrected chi connectivity index (χ4v) is 2.49. The van der Waals surface area contributed by atoms with Crippen LogP contribution in [0.5, 0.6) is 0 Å². The molecule has 0 radical (unpaired) electrons. The summed E-state index contributed by atoms with van der Waals surface area (Å²) >= 11 is 0. The number of aliphatic hydroxyl groups is 8. The van der Waals surface area contributed by atoms with Gasteiger partial charge in [0.2, 0.25) is 0 Å². The Labute approximate surface area is 130 Å². The molecule has 10 atom stereocenters. The van der Waals surface area contributed by atoms with Crippen LogP contribution in [0.25, 0.3) is 0 Å². The zero-order chi connectivity index (χ0) is 17.3. The van der Waals surface area contributed by atoms with Crippen LogP contribution in [-0.2, 0) is 14.2 Å². The van der Waals surface area contributed by atoms with Gasteiger partial charge in [-0.2, -0.15) is 0 Å². The van der Waals surface area contributed by atoms with Gasteiger partial charge in [-0.15, -0.1) is 0 Å². The Morgan fingerprint density at radius 1 is 0.565 bits per heavy atom. The van der Waals surface area contributed by atoms with Crippen molar-refractivity contribution in [1.29, 1.82) is 0 Å². The summed E-state index contributed by atoms with van der Waals surface area (Å²) in [5.41, 5.74) is 0. The standard InChI is InChI=1S/C12H22O11/c13-1-3-5(15)7(17)9(19)11(21-3)23-12-10(20)8(18)6(16)4(2-14)22-12/h3-20H,1-2H2/t3-,4-,5+,6+,7+,8+,9-,10-,11-,12+/m0/s1. The summed E-state index contributed by atoms with van der Waals surface area (Å²) < 4.78 is 15.3. The number of hydrogen-bond donors (Lipinski definition) is 8. The van der Waals surface area contributed by atoms with Crippen molar-refractivity contribution in [2.45, 2.75) is 61.4 Å². The van der Waals surface area contributed by atoms with E-state index in [-0.39, 0.29) is 0 Å². The Balaban J connectivity index is 2.07. The highest BCUT2D eigenvalue weighted by atomic mass is 16.8. The fraction of sp³-hybridized carbons (Fsp3) is 1.00. The first kappa shape index (κ1) is 18.9. The molecule has 23 heavy (non-hydrogen) atoms. The van der Waals surface area contributed by atoms with Gasteiger partial charge in [0, 0.05) is 0 Å². The molecule has 0 aliphatic carbocycles. The van der Waals surface area contributed by atoms with E-state index in [0.717, 1.165) is 0 Å². The molecule has 0 aromatic rings. The molecule has 8 N–H and O–H groups in total. The van der Waals surface area contributed by atoms with Gasteiger partial charge in [-0.05, 0) is 0 Å². The lowest BCUT2D eigenvalue weighted by Crippen LogP contribution is -2.63. The molecule has 2 aliphatic rings. The van der Waals surface area contributed by atoms with Crippen molar-refractivity contribution in [2.75, 3.05) is 13.2 Å². The molecule has 2 heterocycles. The minimum Gasteiger partial charge on any atom is -0.394 e. The van der Waals surface area contributed by atoms with Gasteiger partial charge in [-0.3, -0.25) is 0 Å². The number of aliphatic hydroxyl groups excluding tert-OH is 8.